The Morgan fingerprint density at radius 3 is 2.48 bits per heavy atom. The molecule has 0 saturated carbocycles. The largest absolute Gasteiger partial charge is 0.393 e. The molecule has 1 aromatic rings. The molecule has 0 fully saturated rings. The van der Waals surface area contributed by atoms with Gasteiger partial charge >= 0.3 is 0 Å². The molecule has 0 unspecified atom stereocenters. The zero-order valence-electron chi connectivity index (χ0n) is 13.0. The van der Waals surface area contributed by atoms with Crippen molar-refractivity contribution in [1.29, 1.82) is 0 Å². The molecule has 2 N–H and O–H groups in total. The van der Waals surface area contributed by atoms with Gasteiger partial charge in [-0.15, -0.1) is 0 Å². The number of amides is 1. The lowest BCUT2D eigenvalue weighted by Crippen LogP contribution is -2.32. The number of aromatic nitrogens is 1. The van der Waals surface area contributed by atoms with Crippen LogP contribution in [0.3, 0.4) is 0 Å². The lowest BCUT2D eigenvalue weighted by molar-refractivity contribution is 0.0767. The smallest absolute Gasteiger partial charge is 0.272 e. The minimum atomic E-state index is -0.0350. The Morgan fingerprint density at radius 1 is 1.29 bits per heavy atom. The van der Waals surface area contributed by atoms with E-state index in [-0.39, 0.29) is 5.91 Å². The molecule has 21 heavy (non-hydrogen) atoms. The van der Waals surface area contributed by atoms with Gasteiger partial charge in [0.1, 0.15) is 5.69 Å². The van der Waals surface area contributed by atoms with Crippen molar-refractivity contribution in [3.63, 3.8) is 0 Å². The summed E-state index contributed by atoms with van der Waals surface area (Å²) in [7, 11) is 0. The van der Waals surface area contributed by atoms with Crippen LogP contribution in [-0.4, -0.2) is 47.0 Å². The molecule has 1 heterocycles. The molecule has 1 aromatic heterocycles. The average Bonchev–Trinajstić information content (AvgIpc) is 2.49. The van der Waals surface area contributed by atoms with Gasteiger partial charge in [0.05, 0.1) is 4.99 Å². The van der Waals surface area contributed by atoms with Crippen LogP contribution in [0.15, 0.2) is 18.3 Å². The predicted molar refractivity (Wildman–Crippen MR) is 90.8 cm³/mol. The zero-order chi connectivity index (χ0) is 15.8. The molecule has 0 atom stereocenters. The van der Waals surface area contributed by atoms with Crippen LogP contribution in [0, 0.1) is 0 Å². The number of hydrogen-bond acceptors (Lipinski definition) is 4. The van der Waals surface area contributed by atoms with E-state index in [9.17, 15) is 4.79 Å². The molecule has 0 aliphatic carbocycles. The van der Waals surface area contributed by atoms with Crippen molar-refractivity contribution in [3.05, 3.63) is 24.0 Å². The molecule has 0 aliphatic rings. The Hall–Kier alpha value is -1.69. The minimum Gasteiger partial charge on any atom is -0.393 e. The average molecular weight is 308 g/mol. The van der Waals surface area contributed by atoms with E-state index in [1.165, 1.54) is 0 Å². The van der Waals surface area contributed by atoms with Gasteiger partial charge in [-0.1, -0.05) is 12.2 Å². The first kappa shape index (κ1) is 17.4. The molecule has 116 valence electrons. The van der Waals surface area contributed by atoms with Gasteiger partial charge in [0.2, 0.25) is 0 Å². The monoisotopic (exact) mass is 308 g/mol. The third-order valence-corrected chi connectivity index (χ3v) is 3.59. The zero-order valence-corrected chi connectivity index (χ0v) is 13.8. The number of hydrogen-bond donors (Lipinski definition) is 1. The van der Waals surface area contributed by atoms with Crippen LogP contribution in [0.2, 0.25) is 0 Å². The second-order valence-electron chi connectivity index (χ2n) is 4.67. The quantitative estimate of drug-likeness (QED) is 0.745. The highest BCUT2D eigenvalue weighted by molar-refractivity contribution is 7.80. The van der Waals surface area contributed by atoms with Gasteiger partial charge in [-0.2, -0.15) is 0 Å². The van der Waals surface area contributed by atoms with Crippen molar-refractivity contribution in [2.75, 3.05) is 31.1 Å². The Bertz CT molecular complexity index is 488. The first-order chi connectivity index (χ1) is 10.0. The molecular formula is C15H24N4OS. The van der Waals surface area contributed by atoms with E-state index in [0.29, 0.717) is 30.2 Å². The predicted octanol–water partition coefficient (Wildman–Crippen LogP) is 2.07. The van der Waals surface area contributed by atoms with Crippen molar-refractivity contribution in [3.8, 4) is 0 Å². The lowest BCUT2D eigenvalue weighted by Gasteiger charge is -2.24. The van der Waals surface area contributed by atoms with Crippen molar-refractivity contribution in [1.82, 2.24) is 9.88 Å². The van der Waals surface area contributed by atoms with E-state index in [1.54, 1.807) is 11.1 Å². The van der Waals surface area contributed by atoms with E-state index >= 15 is 0 Å². The molecular weight excluding hydrogens is 284 g/mol. The van der Waals surface area contributed by atoms with Crippen LogP contribution in [0.1, 0.15) is 37.7 Å². The van der Waals surface area contributed by atoms with Gasteiger partial charge in [0, 0.05) is 44.5 Å². The molecule has 5 nitrogen and oxygen atoms in total. The molecule has 1 rings (SSSR count). The van der Waals surface area contributed by atoms with Crippen molar-refractivity contribution in [2.45, 2.75) is 27.2 Å². The van der Waals surface area contributed by atoms with Gasteiger partial charge < -0.3 is 15.5 Å². The molecule has 0 aromatic carbocycles. The fourth-order valence-electron chi connectivity index (χ4n) is 2.12. The van der Waals surface area contributed by atoms with Crippen LogP contribution in [0.25, 0.3) is 0 Å². The number of pyridine rings is 1. The van der Waals surface area contributed by atoms with Crippen LogP contribution < -0.4 is 10.6 Å². The highest BCUT2D eigenvalue weighted by atomic mass is 32.1. The molecule has 6 heteroatoms. The van der Waals surface area contributed by atoms with E-state index in [2.05, 4.69) is 16.8 Å². The maximum absolute atomic E-state index is 12.3. The first-order valence-electron chi connectivity index (χ1n) is 7.32. The fraction of sp³-hybridized carbons (Fsp3) is 0.533. The maximum Gasteiger partial charge on any atom is 0.272 e. The molecule has 0 spiro atoms. The van der Waals surface area contributed by atoms with Crippen LogP contribution in [-0.2, 0) is 0 Å². The highest BCUT2D eigenvalue weighted by Gasteiger charge is 2.15. The SMILES string of the molecule is CCN(CC)C(=O)c1cc(N(CC)CCC(N)=S)ccn1. The standard InChI is InChI=1S/C15H24N4OS/c1-4-18(5-2)15(20)13-11-12(7-9-17-13)19(6-3)10-8-14(16)21/h7,9,11H,4-6,8,10H2,1-3H3,(H2,16,21). The van der Waals surface area contributed by atoms with Gasteiger partial charge in [0.15, 0.2) is 0 Å². The summed E-state index contributed by atoms with van der Waals surface area (Å²) in [6.07, 6.45) is 2.33. The van der Waals surface area contributed by atoms with E-state index in [4.69, 9.17) is 18.0 Å². The second kappa shape index (κ2) is 8.56. The van der Waals surface area contributed by atoms with Gasteiger partial charge in [0.25, 0.3) is 5.91 Å². The van der Waals surface area contributed by atoms with Crippen LogP contribution in [0.5, 0.6) is 0 Å². The summed E-state index contributed by atoms with van der Waals surface area (Å²) in [5.41, 5.74) is 7.01. The van der Waals surface area contributed by atoms with Gasteiger partial charge in [-0.25, -0.2) is 0 Å². The van der Waals surface area contributed by atoms with Crippen molar-refractivity contribution in [2.24, 2.45) is 5.73 Å². The van der Waals surface area contributed by atoms with Crippen molar-refractivity contribution < 1.29 is 4.79 Å². The number of thiocarbonyl (C=S) groups is 1. The first-order valence-corrected chi connectivity index (χ1v) is 7.72. The topological polar surface area (TPSA) is 62.5 Å². The summed E-state index contributed by atoms with van der Waals surface area (Å²) in [6.45, 7) is 8.92. The maximum atomic E-state index is 12.3. The van der Waals surface area contributed by atoms with Crippen LogP contribution >= 0.6 is 12.2 Å². The van der Waals surface area contributed by atoms with Gasteiger partial charge in [-0.05, 0) is 32.9 Å². The normalized spacial score (nSPS) is 10.2. The Labute approximate surface area is 132 Å². The number of anilines is 1. The second-order valence-corrected chi connectivity index (χ2v) is 5.20. The number of carbonyl (C=O) groups is 1. The van der Waals surface area contributed by atoms with E-state index in [1.807, 2.05) is 26.0 Å². The molecule has 0 bridgehead atoms. The molecule has 1 amide bonds. The van der Waals surface area contributed by atoms with E-state index < -0.39 is 0 Å². The third-order valence-electron chi connectivity index (χ3n) is 3.39. The Morgan fingerprint density at radius 2 is 1.95 bits per heavy atom. The highest BCUT2D eigenvalue weighted by Crippen LogP contribution is 2.16. The molecule has 0 saturated heterocycles. The summed E-state index contributed by atoms with van der Waals surface area (Å²) < 4.78 is 0. The molecule has 0 aliphatic heterocycles. The third kappa shape index (κ3) is 4.97. The number of nitrogens with zero attached hydrogens (tertiary/aromatic N) is 3. The number of carbonyl (C=O) groups excluding carboxylic acids is 1. The summed E-state index contributed by atoms with van der Waals surface area (Å²) in [5, 5.41) is 0. The summed E-state index contributed by atoms with van der Waals surface area (Å²) in [4.78, 5) is 20.9. The summed E-state index contributed by atoms with van der Waals surface area (Å²) in [6, 6.07) is 3.74. The van der Waals surface area contributed by atoms with E-state index in [0.717, 1.165) is 18.8 Å². The Kier molecular flexibility index (Phi) is 7.08. The lowest BCUT2D eigenvalue weighted by atomic mass is 10.2. The number of nitrogens with two attached hydrogens (primary N) is 1. The number of rotatable bonds is 8. The van der Waals surface area contributed by atoms with Gasteiger partial charge in [-0.3, -0.25) is 9.78 Å². The minimum absolute atomic E-state index is 0.0350. The van der Waals surface area contributed by atoms with Crippen molar-refractivity contribution >= 4 is 28.8 Å². The fourth-order valence-corrected chi connectivity index (χ4v) is 2.21. The van der Waals surface area contributed by atoms with Crippen LogP contribution in [0.4, 0.5) is 5.69 Å². The molecule has 0 radical (unpaired) electrons. The summed E-state index contributed by atoms with van der Waals surface area (Å²) >= 11 is 4.92. The Balaban J connectivity index is 2.92. The summed E-state index contributed by atoms with van der Waals surface area (Å²) in [5.74, 6) is -0.0350.